The third-order valence-electron chi connectivity index (χ3n) is 4.23. The summed E-state index contributed by atoms with van der Waals surface area (Å²) in [7, 11) is 2.21. The van der Waals surface area contributed by atoms with Crippen molar-refractivity contribution in [2.45, 2.75) is 46.5 Å². The summed E-state index contributed by atoms with van der Waals surface area (Å²) in [5.74, 6) is 0. The Morgan fingerprint density at radius 3 is 2.41 bits per heavy atom. The molecule has 0 atom stereocenters. The Morgan fingerprint density at radius 1 is 1.12 bits per heavy atom. The van der Waals surface area contributed by atoms with Crippen molar-refractivity contribution in [2.24, 2.45) is 4.99 Å². The first-order valence-corrected chi connectivity index (χ1v) is 6.73. The van der Waals surface area contributed by atoms with Gasteiger partial charge in [-0.2, -0.15) is 0 Å². The Bertz CT molecular complexity index is 399. The average Bonchev–Trinajstić information content (AvgIpc) is 2.96. The van der Waals surface area contributed by atoms with Gasteiger partial charge < -0.3 is 4.90 Å². The van der Waals surface area contributed by atoms with Gasteiger partial charge in [0, 0.05) is 31.5 Å². The summed E-state index contributed by atoms with van der Waals surface area (Å²) >= 11 is 0. The maximum atomic E-state index is 4.61. The molecule has 2 nitrogen and oxygen atoms in total. The zero-order valence-corrected chi connectivity index (χ0v) is 11.6. The third kappa shape index (κ3) is 2.46. The summed E-state index contributed by atoms with van der Waals surface area (Å²) in [5, 5.41) is 0. The highest BCUT2D eigenvalue weighted by Gasteiger charge is 2.18. The maximum Gasteiger partial charge on any atom is 0.0396 e. The van der Waals surface area contributed by atoms with Gasteiger partial charge in [-0.05, 0) is 63.2 Å². The van der Waals surface area contributed by atoms with Crippen LogP contribution in [0.15, 0.2) is 27.4 Å². The van der Waals surface area contributed by atoms with Crippen LogP contribution >= 0.6 is 0 Å². The number of allylic oxidation sites excluding steroid dienone is 4. The van der Waals surface area contributed by atoms with Crippen LogP contribution < -0.4 is 0 Å². The van der Waals surface area contributed by atoms with Gasteiger partial charge in [0.2, 0.25) is 0 Å². The third-order valence-corrected chi connectivity index (χ3v) is 4.23. The minimum Gasteiger partial charge on any atom is -0.378 e. The van der Waals surface area contributed by atoms with Crippen LogP contribution in [0.25, 0.3) is 0 Å². The fourth-order valence-corrected chi connectivity index (χ4v) is 2.84. The highest BCUT2D eigenvalue weighted by atomic mass is 15.1. The lowest BCUT2D eigenvalue weighted by Crippen LogP contribution is -2.12. The summed E-state index contributed by atoms with van der Waals surface area (Å²) in [6.07, 6.45) is 4.94. The van der Waals surface area contributed by atoms with Gasteiger partial charge in [0.15, 0.2) is 0 Å². The van der Waals surface area contributed by atoms with E-state index < -0.39 is 0 Å². The van der Waals surface area contributed by atoms with Crippen LogP contribution in [0.1, 0.15) is 46.5 Å². The first-order valence-electron chi connectivity index (χ1n) is 6.73. The highest BCUT2D eigenvalue weighted by Crippen LogP contribution is 2.28. The fraction of sp³-hybridized carbons (Fsp3) is 0.667. The molecule has 1 saturated heterocycles. The molecule has 2 heterocycles. The normalized spacial score (nSPS) is 24.9. The van der Waals surface area contributed by atoms with Crippen LogP contribution in [0.4, 0.5) is 0 Å². The molecule has 0 aromatic heterocycles. The van der Waals surface area contributed by atoms with Gasteiger partial charge in [0.05, 0.1) is 0 Å². The standard InChI is InChI=1S/C15H24N2/c1-11(12(2)14-7-5-9-16-14)13(3)15-8-6-10-17(15)4/h5-10H2,1-4H3/b12-11+,15-13+. The van der Waals surface area contributed by atoms with Crippen molar-refractivity contribution in [3.63, 3.8) is 0 Å². The largest absolute Gasteiger partial charge is 0.378 e. The Labute approximate surface area is 105 Å². The molecule has 0 unspecified atom stereocenters. The quantitative estimate of drug-likeness (QED) is 0.711. The first kappa shape index (κ1) is 12.4. The fourth-order valence-electron chi connectivity index (χ4n) is 2.84. The second-order valence-electron chi connectivity index (χ2n) is 5.28. The van der Waals surface area contributed by atoms with E-state index in [1.807, 2.05) is 0 Å². The van der Waals surface area contributed by atoms with Crippen molar-refractivity contribution in [2.75, 3.05) is 20.1 Å². The number of likely N-dealkylation sites (tertiary alicyclic amines) is 1. The minimum absolute atomic E-state index is 1.02. The molecule has 0 radical (unpaired) electrons. The Hall–Kier alpha value is -1.05. The monoisotopic (exact) mass is 232 g/mol. The lowest BCUT2D eigenvalue weighted by Gasteiger charge is -2.18. The van der Waals surface area contributed by atoms with E-state index in [-0.39, 0.29) is 0 Å². The lowest BCUT2D eigenvalue weighted by atomic mass is 9.97. The van der Waals surface area contributed by atoms with E-state index in [0.717, 1.165) is 6.54 Å². The second-order valence-corrected chi connectivity index (χ2v) is 5.28. The van der Waals surface area contributed by atoms with Crippen LogP contribution in [-0.2, 0) is 0 Å². The van der Waals surface area contributed by atoms with Crippen molar-refractivity contribution in [1.29, 1.82) is 0 Å². The summed E-state index contributed by atoms with van der Waals surface area (Å²) in [4.78, 5) is 7.01. The molecule has 1 fully saturated rings. The van der Waals surface area contributed by atoms with E-state index >= 15 is 0 Å². The van der Waals surface area contributed by atoms with E-state index in [4.69, 9.17) is 0 Å². The van der Waals surface area contributed by atoms with Gasteiger partial charge in [-0.1, -0.05) is 0 Å². The second kappa shape index (κ2) is 5.07. The number of aliphatic imine (C=N–C) groups is 1. The van der Waals surface area contributed by atoms with Crippen molar-refractivity contribution >= 4 is 5.71 Å². The highest BCUT2D eigenvalue weighted by molar-refractivity contribution is 6.01. The molecule has 2 heteroatoms. The van der Waals surface area contributed by atoms with Gasteiger partial charge >= 0.3 is 0 Å². The van der Waals surface area contributed by atoms with Crippen molar-refractivity contribution in [1.82, 2.24) is 4.90 Å². The molecule has 0 amide bonds. The first-order chi connectivity index (χ1) is 8.11. The summed E-state index contributed by atoms with van der Waals surface area (Å²) < 4.78 is 0. The average molecular weight is 232 g/mol. The molecule has 0 aliphatic carbocycles. The maximum absolute atomic E-state index is 4.61. The zero-order chi connectivity index (χ0) is 12.4. The number of nitrogens with zero attached hydrogens (tertiary/aromatic N) is 2. The molecule has 0 N–H and O–H groups in total. The molecular formula is C15H24N2. The van der Waals surface area contributed by atoms with Crippen molar-refractivity contribution < 1.29 is 0 Å². The smallest absolute Gasteiger partial charge is 0.0396 e. The van der Waals surface area contributed by atoms with E-state index in [1.54, 1.807) is 0 Å². The molecule has 0 spiro atoms. The van der Waals surface area contributed by atoms with Crippen LogP contribution in [0.3, 0.4) is 0 Å². The van der Waals surface area contributed by atoms with Gasteiger partial charge in [0.1, 0.15) is 0 Å². The molecule has 17 heavy (non-hydrogen) atoms. The zero-order valence-electron chi connectivity index (χ0n) is 11.6. The number of hydrogen-bond donors (Lipinski definition) is 0. The molecule has 0 bridgehead atoms. The molecule has 2 aliphatic heterocycles. The Morgan fingerprint density at radius 2 is 1.88 bits per heavy atom. The van der Waals surface area contributed by atoms with Crippen LogP contribution in [0, 0.1) is 0 Å². The predicted molar refractivity (Wildman–Crippen MR) is 74.5 cm³/mol. The van der Waals surface area contributed by atoms with Gasteiger partial charge in [-0.3, -0.25) is 4.99 Å². The summed E-state index contributed by atoms with van der Waals surface area (Å²) in [6.45, 7) is 8.99. The van der Waals surface area contributed by atoms with E-state index in [0.29, 0.717) is 0 Å². The van der Waals surface area contributed by atoms with E-state index in [1.165, 1.54) is 60.4 Å². The van der Waals surface area contributed by atoms with Gasteiger partial charge in [-0.25, -0.2) is 0 Å². The molecule has 0 aromatic rings. The van der Waals surface area contributed by atoms with Crippen molar-refractivity contribution in [3.05, 3.63) is 22.4 Å². The topological polar surface area (TPSA) is 15.6 Å². The van der Waals surface area contributed by atoms with Crippen LogP contribution in [0.5, 0.6) is 0 Å². The lowest BCUT2D eigenvalue weighted by molar-refractivity contribution is 0.477. The SMILES string of the molecule is C/C(C1=NCCC1)=C(C)\C(C)=C1/CCCN1C. The molecule has 94 valence electrons. The van der Waals surface area contributed by atoms with Gasteiger partial charge in [-0.15, -0.1) is 0 Å². The molecule has 2 rings (SSSR count). The van der Waals surface area contributed by atoms with E-state index in [9.17, 15) is 0 Å². The molecule has 0 saturated carbocycles. The Kier molecular flexibility index (Phi) is 3.70. The number of hydrogen-bond acceptors (Lipinski definition) is 2. The van der Waals surface area contributed by atoms with Gasteiger partial charge in [0.25, 0.3) is 0 Å². The predicted octanol–water partition coefficient (Wildman–Crippen LogP) is 3.56. The molecule has 0 aromatic carbocycles. The summed E-state index contributed by atoms with van der Waals surface area (Å²) in [6, 6.07) is 0. The van der Waals surface area contributed by atoms with Crippen LogP contribution in [0.2, 0.25) is 0 Å². The Balaban J connectivity index is 2.29. The molecular weight excluding hydrogens is 208 g/mol. The summed E-state index contributed by atoms with van der Waals surface area (Å²) in [5.41, 5.74) is 7.18. The number of rotatable bonds is 2. The van der Waals surface area contributed by atoms with Crippen molar-refractivity contribution in [3.8, 4) is 0 Å². The minimum atomic E-state index is 1.02. The van der Waals surface area contributed by atoms with Crippen LogP contribution in [-0.4, -0.2) is 30.7 Å². The molecule has 2 aliphatic rings. The van der Waals surface area contributed by atoms with E-state index in [2.05, 4.69) is 37.7 Å².